The average Bonchev–Trinajstić information content (AvgIpc) is 3.42. The van der Waals surface area contributed by atoms with Crippen LogP contribution >= 0.6 is 27.3 Å². The highest BCUT2D eigenvalue weighted by molar-refractivity contribution is 9.11. The number of sulfonamides is 1. The number of benzene rings is 1. The number of hydrogen-bond acceptors (Lipinski definition) is 7. The van der Waals surface area contributed by atoms with Gasteiger partial charge in [0.1, 0.15) is 0 Å². The highest BCUT2D eigenvalue weighted by Gasteiger charge is 2.24. The zero-order chi connectivity index (χ0) is 23.1. The summed E-state index contributed by atoms with van der Waals surface area (Å²) in [4.78, 5) is 13.5. The third kappa shape index (κ3) is 6.03. The smallest absolute Gasteiger partial charge is 0.322 e. The molecule has 0 unspecified atom stereocenters. The predicted octanol–water partition coefficient (Wildman–Crippen LogP) is 5.40. The Morgan fingerprint density at radius 2 is 1.72 bits per heavy atom. The van der Waals surface area contributed by atoms with Gasteiger partial charge in [0.2, 0.25) is 10.0 Å². The Balaban J connectivity index is 1.70. The van der Waals surface area contributed by atoms with Crippen molar-refractivity contribution in [2.24, 2.45) is 0 Å². The lowest BCUT2D eigenvalue weighted by Crippen LogP contribution is -2.33. The van der Waals surface area contributed by atoms with E-state index in [1.165, 1.54) is 39.9 Å². The summed E-state index contributed by atoms with van der Waals surface area (Å²) in [5.74, 6) is -0.165. The predicted molar refractivity (Wildman–Crippen MR) is 128 cm³/mol. The molecule has 1 aromatic carbocycles. The maximum absolute atomic E-state index is 13.0. The standard InChI is InChI=1S/C21H25BrN4O4S2/c1-3-5-13-26(14-6-4-2)32(28,29)16-9-7-15(8-10-16)19(27)23-21-25-24-20(30-21)17-11-12-18(22)31-17/h7-12H,3-6,13-14H2,1-2H3,(H,23,25,27). The summed E-state index contributed by atoms with van der Waals surface area (Å²) < 4.78 is 34.0. The largest absolute Gasteiger partial charge is 0.402 e. The van der Waals surface area contributed by atoms with Gasteiger partial charge in [0.15, 0.2) is 0 Å². The molecule has 0 saturated heterocycles. The van der Waals surface area contributed by atoms with Crippen molar-refractivity contribution >= 4 is 49.2 Å². The summed E-state index contributed by atoms with van der Waals surface area (Å²) >= 11 is 4.81. The molecule has 3 aromatic rings. The van der Waals surface area contributed by atoms with Gasteiger partial charge >= 0.3 is 6.01 Å². The van der Waals surface area contributed by atoms with Gasteiger partial charge in [-0.25, -0.2) is 8.42 Å². The minimum Gasteiger partial charge on any atom is -0.402 e. The Morgan fingerprint density at radius 3 is 2.28 bits per heavy atom. The van der Waals surface area contributed by atoms with E-state index in [1.54, 1.807) is 0 Å². The van der Waals surface area contributed by atoms with Crippen LogP contribution in [0.1, 0.15) is 49.9 Å². The summed E-state index contributed by atoms with van der Waals surface area (Å²) in [6.45, 7) is 5.04. The molecular formula is C21H25BrN4O4S2. The van der Waals surface area contributed by atoms with Crippen molar-refractivity contribution in [1.82, 2.24) is 14.5 Å². The molecule has 0 spiro atoms. The van der Waals surface area contributed by atoms with E-state index in [9.17, 15) is 13.2 Å². The van der Waals surface area contributed by atoms with E-state index in [1.807, 2.05) is 26.0 Å². The second kappa shape index (κ2) is 11.2. The van der Waals surface area contributed by atoms with Crippen molar-refractivity contribution in [3.8, 4) is 10.8 Å². The summed E-state index contributed by atoms with van der Waals surface area (Å²) in [6, 6.07) is 9.54. The van der Waals surface area contributed by atoms with Crippen LogP contribution < -0.4 is 5.32 Å². The molecule has 1 amide bonds. The first kappa shape index (κ1) is 24.6. The van der Waals surface area contributed by atoms with Gasteiger partial charge in [-0.2, -0.15) is 4.31 Å². The normalized spacial score (nSPS) is 11.8. The monoisotopic (exact) mass is 540 g/mol. The topological polar surface area (TPSA) is 105 Å². The van der Waals surface area contributed by atoms with Crippen molar-refractivity contribution < 1.29 is 17.6 Å². The van der Waals surface area contributed by atoms with Gasteiger partial charge < -0.3 is 4.42 Å². The van der Waals surface area contributed by atoms with E-state index in [2.05, 4.69) is 31.4 Å². The van der Waals surface area contributed by atoms with Crippen LogP contribution in [0, 0.1) is 0 Å². The number of nitrogens with one attached hydrogen (secondary N) is 1. The summed E-state index contributed by atoms with van der Waals surface area (Å²) in [6.07, 6.45) is 3.44. The lowest BCUT2D eigenvalue weighted by atomic mass is 10.2. The maximum atomic E-state index is 13.0. The van der Waals surface area contributed by atoms with Crippen molar-refractivity contribution in [2.75, 3.05) is 18.4 Å². The molecule has 2 heterocycles. The van der Waals surface area contributed by atoms with Crippen LogP contribution in [0.15, 0.2) is 49.5 Å². The molecular weight excluding hydrogens is 516 g/mol. The summed E-state index contributed by atoms with van der Waals surface area (Å²) in [5, 5.41) is 10.3. The van der Waals surface area contributed by atoms with Gasteiger partial charge in [-0.1, -0.05) is 31.8 Å². The van der Waals surface area contributed by atoms with E-state index in [0.29, 0.717) is 19.0 Å². The molecule has 0 fully saturated rings. The molecule has 0 bridgehead atoms. The fourth-order valence-electron chi connectivity index (χ4n) is 2.92. The van der Waals surface area contributed by atoms with Crippen LogP contribution in [0.2, 0.25) is 0 Å². The van der Waals surface area contributed by atoms with Crippen LogP contribution in [0.3, 0.4) is 0 Å². The number of carbonyl (C=O) groups is 1. The SMILES string of the molecule is CCCCN(CCCC)S(=O)(=O)c1ccc(C(=O)Nc2nnc(-c3ccc(Br)s3)o2)cc1. The fourth-order valence-corrected chi connectivity index (χ4v) is 5.74. The Labute approximate surface area is 200 Å². The highest BCUT2D eigenvalue weighted by atomic mass is 79.9. The number of thiophene rings is 1. The zero-order valence-electron chi connectivity index (χ0n) is 17.9. The molecule has 11 heteroatoms. The van der Waals surface area contributed by atoms with Crippen LogP contribution in [-0.4, -0.2) is 41.9 Å². The first-order chi connectivity index (χ1) is 15.3. The maximum Gasteiger partial charge on any atom is 0.322 e. The van der Waals surface area contributed by atoms with Gasteiger partial charge in [0.05, 0.1) is 13.6 Å². The number of anilines is 1. The molecule has 0 atom stereocenters. The van der Waals surface area contributed by atoms with Crippen LogP contribution in [-0.2, 0) is 10.0 Å². The van der Waals surface area contributed by atoms with Crippen molar-refractivity contribution in [3.63, 3.8) is 0 Å². The number of halogens is 1. The molecule has 172 valence electrons. The van der Waals surface area contributed by atoms with Crippen LogP contribution in [0.5, 0.6) is 0 Å². The average molecular weight is 541 g/mol. The number of carbonyl (C=O) groups excluding carboxylic acids is 1. The lowest BCUT2D eigenvalue weighted by Gasteiger charge is -2.22. The molecule has 0 saturated carbocycles. The number of amides is 1. The Morgan fingerprint density at radius 1 is 1.06 bits per heavy atom. The van der Waals surface area contributed by atoms with Crippen LogP contribution in [0.25, 0.3) is 10.8 Å². The molecule has 0 aliphatic heterocycles. The molecule has 3 rings (SSSR count). The van der Waals surface area contributed by atoms with Crippen molar-refractivity contribution in [3.05, 3.63) is 45.7 Å². The number of hydrogen-bond donors (Lipinski definition) is 1. The van der Waals surface area contributed by atoms with E-state index in [0.717, 1.165) is 34.3 Å². The molecule has 2 aromatic heterocycles. The highest BCUT2D eigenvalue weighted by Crippen LogP contribution is 2.31. The number of rotatable bonds is 11. The van der Waals surface area contributed by atoms with Gasteiger partial charge in [-0.05, 0) is 65.2 Å². The van der Waals surface area contributed by atoms with Gasteiger partial charge in [-0.3, -0.25) is 10.1 Å². The Bertz CT molecular complexity index is 1130. The number of nitrogens with zero attached hydrogens (tertiary/aromatic N) is 3. The third-order valence-electron chi connectivity index (χ3n) is 4.71. The van der Waals surface area contributed by atoms with E-state index >= 15 is 0 Å². The van der Waals surface area contributed by atoms with E-state index in [4.69, 9.17) is 4.42 Å². The second-order valence-electron chi connectivity index (χ2n) is 7.11. The number of aromatic nitrogens is 2. The molecule has 8 nitrogen and oxygen atoms in total. The minimum absolute atomic E-state index is 0.0310. The third-order valence-corrected chi connectivity index (χ3v) is 8.23. The molecule has 0 aliphatic rings. The van der Waals surface area contributed by atoms with E-state index in [-0.39, 0.29) is 16.5 Å². The fraction of sp³-hybridized carbons (Fsp3) is 0.381. The first-order valence-corrected chi connectivity index (χ1v) is 13.4. The summed E-state index contributed by atoms with van der Waals surface area (Å²) in [7, 11) is -3.61. The van der Waals surface area contributed by atoms with Crippen molar-refractivity contribution in [2.45, 2.75) is 44.4 Å². The van der Waals surface area contributed by atoms with Gasteiger partial charge in [0.25, 0.3) is 11.8 Å². The molecule has 1 N–H and O–H groups in total. The zero-order valence-corrected chi connectivity index (χ0v) is 21.1. The lowest BCUT2D eigenvalue weighted by molar-refractivity contribution is 0.102. The minimum atomic E-state index is -3.61. The quantitative estimate of drug-likeness (QED) is 0.348. The van der Waals surface area contributed by atoms with Gasteiger partial charge in [-0.15, -0.1) is 16.4 Å². The Kier molecular flexibility index (Phi) is 8.57. The summed E-state index contributed by atoms with van der Waals surface area (Å²) in [5.41, 5.74) is 0.288. The van der Waals surface area contributed by atoms with E-state index < -0.39 is 15.9 Å². The van der Waals surface area contributed by atoms with Crippen LogP contribution in [0.4, 0.5) is 6.01 Å². The Hall–Kier alpha value is -2.08. The van der Waals surface area contributed by atoms with Gasteiger partial charge in [0, 0.05) is 18.7 Å². The van der Waals surface area contributed by atoms with Crippen molar-refractivity contribution in [1.29, 1.82) is 0 Å². The second-order valence-corrected chi connectivity index (χ2v) is 11.5. The first-order valence-electron chi connectivity index (χ1n) is 10.4. The molecule has 0 aliphatic carbocycles. The molecule has 0 radical (unpaired) electrons. The molecule has 32 heavy (non-hydrogen) atoms. The number of unbranched alkanes of at least 4 members (excludes halogenated alkanes) is 2.